The van der Waals surface area contributed by atoms with Gasteiger partial charge in [-0.3, -0.25) is 0 Å². The molecule has 1 heterocycles. The van der Waals surface area contributed by atoms with Crippen molar-refractivity contribution in [3.05, 3.63) is 40.5 Å². The Morgan fingerprint density at radius 1 is 1.37 bits per heavy atom. The first-order valence-corrected chi connectivity index (χ1v) is 9.85. The van der Waals surface area contributed by atoms with Crippen LogP contribution in [0.15, 0.2) is 24.3 Å². The van der Waals surface area contributed by atoms with E-state index in [-0.39, 0.29) is 10.9 Å². The number of aryl methyl sites for hydroxylation is 1. The number of carbonyl (C=O) groups excluding carboxylic acids is 1. The Hall–Kier alpha value is -2.43. The van der Waals surface area contributed by atoms with Gasteiger partial charge in [0.2, 0.25) is 5.01 Å². The highest BCUT2D eigenvalue weighted by atomic mass is 32.1. The summed E-state index contributed by atoms with van der Waals surface area (Å²) >= 11 is 1.17. The minimum atomic E-state index is -0.584. The highest BCUT2D eigenvalue weighted by molar-refractivity contribution is 7.15. The van der Waals surface area contributed by atoms with Gasteiger partial charge >= 0.3 is 5.97 Å². The molecule has 1 N–H and O–H groups in total. The van der Waals surface area contributed by atoms with E-state index in [1.165, 1.54) is 11.3 Å². The summed E-state index contributed by atoms with van der Waals surface area (Å²) in [7, 11) is 0. The Balaban J connectivity index is 1.69. The molecule has 6 nitrogen and oxygen atoms in total. The molecule has 1 fully saturated rings. The molecule has 0 radical (unpaired) electrons. The van der Waals surface area contributed by atoms with Gasteiger partial charge in [0.1, 0.15) is 5.75 Å². The predicted octanol–water partition coefficient (Wildman–Crippen LogP) is 3.84. The van der Waals surface area contributed by atoms with Gasteiger partial charge in [0.05, 0.1) is 30.4 Å². The van der Waals surface area contributed by atoms with Gasteiger partial charge in [0.25, 0.3) is 0 Å². The van der Waals surface area contributed by atoms with Crippen LogP contribution in [0.1, 0.15) is 53.2 Å². The molecule has 1 aliphatic rings. The van der Waals surface area contributed by atoms with Crippen molar-refractivity contribution in [3.8, 4) is 16.9 Å². The number of benzene rings is 1. The summed E-state index contributed by atoms with van der Waals surface area (Å²) in [5.41, 5.74) is 1.64. The third-order valence-corrected chi connectivity index (χ3v) is 5.78. The standard InChI is InChI=1S/C20H22N2O4S/c1-3-25-20-12(2)22-18(27-20)19(24)26-14-9-7-13(8-10-14)15-5-4-6-17(23)16(15)11-21/h7-10,15-17,23H,3-6H2,1-2H3. The number of aromatic nitrogens is 1. The molecule has 142 valence electrons. The lowest BCUT2D eigenvalue weighted by molar-refractivity contribution is 0.0734. The van der Waals surface area contributed by atoms with Gasteiger partial charge in [-0.2, -0.15) is 5.26 Å². The molecule has 1 saturated carbocycles. The molecular formula is C20H22N2O4S. The van der Waals surface area contributed by atoms with Crippen LogP contribution >= 0.6 is 11.3 Å². The summed E-state index contributed by atoms with van der Waals surface area (Å²) in [4.78, 5) is 16.5. The lowest BCUT2D eigenvalue weighted by atomic mass is 9.74. The normalized spacial score (nSPS) is 22.1. The van der Waals surface area contributed by atoms with Gasteiger partial charge in [-0.1, -0.05) is 29.9 Å². The smallest absolute Gasteiger partial charge is 0.372 e. The zero-order valence-electron chi connectivity index (χ0n) is 15.3. The molecule has 1 aromatic carbocycles. The first-order chi connectivity index (χ1) is 13.0. The van der Waals surface area contributed by atoms with Crippen LogP contribution in [0.2, 0.25) is 0 Å². The van der Waals surface area contributed by atoms with Crippen LogP contribution in [-0.4, -0.2) is 28.8 Å². The number of hydrogen-bond donors (Lipinski definition) is 1. The van der Waals surface area contributed by atoms with E-state index in [2.05, 4.69) is 11.1 Å². The Labute approximate surface area is 162 Å². The fourth-order valence-electron chi connectivity index (χ4n) is 3.39. The number of hydrogen-bond acceptors (Lipinski definition) is 7. The molecule has 0 aliphatic heterocycles. The summed E-state index contributed by atoms with van der Waals surface area (Å²) < 4.78 is 10.8. The molecule has 0 bridgehead atoms. The minimum absolute atomic E-state index is 0.00105. The SMILES string of the molecule is CCOc1sc(C(=O)Oc2ccc(C3CCCC(O)C3C#N)cc2)nc1C. The van der Waals surface area contributed by atoms with E-state index in [4.69, 9.17) is 9.47 Å². The van der Waals surface area contributed by atoms with Crippen molar-refractivity contribution in [1.82, 2.24) is 4.98 Å². The van der Waals surface area contributed by atoms with E-state index < -0.39 is 18.0 Å². The van der Waals surface area contributed by atoms with Crippen molar-refractivity contribution >= 4 is 17.3 Å². The van der Waals surface area contributed by atoms with Crippen LogP contribution in [0.5, 0.6) is 10.8 Å². The summed E-state index contributed by atoms with van der Waals surface area (Å²) in [6, 6.07) is 9.38. The molecule has 3 rings (SSSR count). The van der Waals surface area contributed by atoms with Crippen molar-refractivity contribution in [1.29, 1.82) is 5.26 Å². The fraction of sp³-hybridized carbons (Fsp3) is 0.450. The van der Waals surface area contributed by atoms with Crippen LogP contribution in [0.3, 0.4) is 0 Å². The van der Waals surface area contributed by atoms with Gasteiger partial charge in [-0.05, 0) is 44.4 Å². The number of ether oxygens (including phenoxy) is 2. The van der Waals surface area contributed by atoms with Gasteiger partial charge in [0.15, 0.2) is 5.06 Å². The maximum Gasteiger partial charge on any atom is 0.372 e. The number of esters is 1. The Morgan fingerprint density at radius 3 is 2.78 bits per heavy atom. The Bertz CT molecular complexity index is 841. The maximum atomic E-state index is 12.3. The first kappa shape index (κ1) is 19.3. The first-order valence-electron chi connectivity index (χ1n) is 9.03. The van der Waals surface area contributed by atoms with Crippen molar-refractivity contribution in [2.75, 3.05) is 6.61 Å². The van der Waals surface area contributed by atoms with Crippen molar-refractivity contribution in [2.45, 2.75) is 45.1 Å². The lowest BCUT2D eigenvalue weighted by Crippen LogP contribution is -2.29. The molecule has 7 heteroatoms. The van der Waals surface area contributed by atoms with E-state index in [1.807, 2.05) is 19.1 Å². The van der Waals surface area contributed by atoms with Crippen LogP contribution in [0.25, 0.3) is 0 Å². The second kappa shape index (κ2) is 8.51. The molecule has 3 atom stereocenters. The molecular weight excluding hydrogens is 364 g/mol. The molecule has 0 saturated heterocycles. The van der Waals surface area contributed by atoms with E-state index >= 15 is 0 Å². The van der Waals surface area contributed by atoms with Crippen molar-refractivity contribution in [3.63, 3.8) is 0 Å². The number of aliphatic hydroxyl groups is 1. The summed E-state index contributed by atoms with van der Waals surface area (Å²) in [5.74, 6) is -0.509. The number of aliphatic hydroxyl groups excluding tert-OH is 1. The predicted molar refractivity (Wildman–Crippen MR) is 101 cm³/mol. The van der Waals surface area contributed by atoms with Crippen LogP contribution in [-0.2, 0) is 0 Å². The monoisotopic (exact) mass is 386 g/mol. The number of carbonyl (C=O) groups is 1. The Morgan fingerprint density at radius 2 is 2.11 bits per heavy atom. The largest absolute Gasteiger partial charge is 0.483 e. The third kappa shape index (κ3) is 4.29. The van der Waals surface area contributed by atoms with Gasteiger partial charge < -0.3 is 14.6 Å². The summed E-state index contributed by atoms with van der Waals surface area (Å²) in [5, 5.41) is 20.3. The fourth-order valence-corrected chi connectivity index (χ4v) is 4.25. The average Bonchev–Trinajstić information content (AvgIpc) is 3.03. The van der Waals surface area contributed by atoms with Gasteiger partial charge in [-0.25, -0.2) is 9.78 Å². The lowest BCUT2D eigenvalue weighted by Gasteiger charge is -2.31. The molecule has 1 aromatic heterocycles. The zero-order chi connectivity index (χ0) is 19.4. The molecule has 1 aliphatic carbocycles. The quantitative estimate of drug-likeness (QED) is 0.620. The number of nitriles is 1. The topological polar surface area (TPSA) is 92.4 Å². The van der Waals surface area contributed by atoms with E-state index in [0.29, 0.717) is 29.5 Å². The number of rotatable bonds is 5. The van der Waals surface area contributed by atoms with Crippen LogP contribution in [0.4, 0.5) is 0 Å². The van der Waals surface area contributed by atoms with Crippen LogP contribution in [0, 0.1) is 24.2 Å². The molecule has 0 amide bonds. The third-order valence-electron chi connectivity index (χ3n) is 4.74. The number of nitrogens with zero attached hydrogens (tertiary/aromatic N) is 2. The molecule has 0 spiro atoms. The zero-order valence-corrected chi connectivity index (χ0v) is 16.2. The van der Waals surface area contributed by atoms with Crippen molar-refractivity contribution < 1.29 is 19.4 Å². The second-order valence-corrected chi connectivity index (χ2v) is 7.50. The van der Waals surface area contributed by atoms with Gasteiger partial charge in [-0.15, -0.1) is 0 Å². The second-order valence-electron chi connectivity index (χ2n) is 6.54. The number of thiazole rings is 1. The van der Waals surface area contributed by atoms with Crippen LogP contribution < -0.4 is 9.47 Å². The molecule has 2 aromatic rings. The highest BCUT2D eigenvalue weighted by Gasteiger charge is 2.33. The molecule has 27 heavy (non-hydrogen) atoms. The van der Waals surface area contributed by atoms with E-state index in [9.17, 15) is 15.2 Å². The summed E-state index contributed by atoms with van der Waals surface area (Å²) in [6.07, 6.45) is 1.85. The minimum Gasteiger partial charge on any atom is -0.483 e. The maximum absolute atomic E-state index is 12.3. The average molecular weight is 386 g/mol. The summed E-state index contributed by atoms with van der Waals surface area (Å²) in [6.45, 7) is 4.18. The molecule has 3 unspecified atom stereocenters. The van der Waals surface area contributed by atoms with E-state index in [0.717, 1.165) is 18.4 Å². The van der Waals surface area contributed by atoms with E-state index in [1.54, 1.807) is 19.1 Å². The van der Waals surface area contributed by atoms with Crippen molar-refractivity contribution in [2.24, 2.45) is 5.92 Å². The highest BCUT2D eigenvalue weighted by Crippen LogP contribution is 2.38. The Kier molecular flexibility index (Phi) is 6.09. The van der Waals surface area contributed by atoms with Gasteiger partial charge in [0, 0.05) is 5.92 Å².